The predicted octanol–water partition coefficient (Wildman–Crippen LogP) is 3.29. The van der Waals surface area contributed by atoms with Crippen molar-refractivity contribution in [3.63, 3.8) is 0 Å². The summed E-state index contributed by atoms with van der Waals surface area (Å²) in [6, 6.07) is 0.454. The number of aromatic nitrogens is 2. The van der Waals surface area contributed by atoms with Gasteiger partial charge in [0.1, 0.15) is 0 Å². The van der Waals surface area contributed by atoms with Crippen LogP contribution in [0.25, 0.3) is 0 Å². The fourth-order valence-electron chi connectivity index (χ4n) is 3.78. The zero-order chi connectivity index (χ0) is 22.1. The number of alkyl carbamates (subject to hydrolysis) is 1. The number of aliphatic carboxylic acids is 1. The van der Waals surface area contributed by atoms with Crippen LogP contribution in [0.4, 0.5) is 4.79 Å². The second kappa shape index (κ2) is 11.6. The molecule has 1 aliphatic rings. The van der Waals surface area contributed by atoms with Crippen LogP contribution in [0.3, 0.4) is 0 Å². The van der Waals surface area contributed by atoms with Crippen molar-refractivity contribution in [3.05, 3.63) is 18.2 Å². The van der Waals surface area contributed by atoms with E-state index in [2.05, 4.69) is 21.8 Å². The molecular weight excluding hydrogens is 390 g/mol. The molecule has 1 aromatic rings. The molecule has 0 bridgehead atoms. The first-order valence-electron chi connectivity index (χ1n) is 10.6. The fourth-order valence-corrected chi connectivity index (χ4v) is 3.78. The van der Waals surface area contributed by atoms with E-state index in [0.29, 0.717) is 25.3 Å². The quantitative estimate of drug-likeness (QED) is 0.336. The molecule has 1 aliphatic carbocycles. The van der Waals surface area contributed by atoms with Crippen LogP contribution in [0.2, 0.25) is 0 Å². The molecule has 9 heteroatoms. The molecule has 0 saturated heterocycles. The third-order valence-electron chi connectivity index (χ3n) is 5.47. The first kappa shape index (κ1) is 23.7. The summed E-state index contributed by atoms with van der Waals surface area (Å²) in [6.45, 7) is 5.21. The summed E-state index contributed by atoms with van der Waals surface area (Å²) in [5.41, 5.74) is 0.781. The van der Waals surface area contributed by atoms with Crippen LogP contribution in [0.5, 0.6) is 0 Å². The number of ether oxygens (including phenoxy) is 2. The summed E-state index contributed by atoms with van der Waals surface area (Å²) >= 11 is 0. The van der Waals surface area contributed by atoms with Gasteiger partial charge in [-0.1, -0.05) is 6.92 Å². The number of carbonyl (C=O) groups is 3. The van der Waals surface area contributed by atoms with Gasteiger partial charge in [-0.05, 0) is 44.4 Å². The molecule has 1 fully saturated rings. The number of carboxylic acid groups (broad SMARTS) is 1. The number of carboxylic acids is 1. The summed E-state index contributed by atoms with van der Waals surface area (Å²) in [4.78, 5) is 38.5. The largest absolute Gasteiger partial charge is 0.481 e. The highest BCUT2D eigenvalue weighted by Crippen LogP contribution is 2.31. The SMILES string of the molecule is CC(=O)OC(C)OC(=O)NCCCC(Cc1cn([C@H]2CC[C@H](C)CC2)cn1)C(=O)O. The van der Waals surface area contributed by atoms with Crippen LogP contribution >= 0.6 is 0 Å². The Hall–Kier alpha value is -2.58. The lowest BCUT2D eigenvalue weighted by Crippen LogP contribution is -2.31. The van der Waals surface area contributed by atoms with E-state index in [1.54, 1.807) is 0 Å². The molecule has 0 aromatic carbocycles. The average molecular weight is 424 g/mol. The number of nitrogens with one attached hydrogen (secondary N) is 1. The highest BCUT2D eigenvalue weighted by molar-refractivity contribution is 5.70. The van der Waals surface area contributed by atoms with Crippen LogP contribution in [0.15, 0.2) is 12.5 Å². The van der Waals surface area contributed by atoms with Crippen LogP contribution in [0, 0.1) is 11.8 Å². The van der Waals surface area contributed by atoms with Gasteiger partial charge in [0.2, 0.25) is 6.29 Å². The Morgan fingerprint density at radius 1 is 1.27 bits per heavy atom. The smallest absolute Gasteiger partial charge is 0.410 e. The Morgan fingerprint density at radius 2 is 1.97 bits per heavy atom. The minimum atomic E-state index is -0.975. The number of carbonyl (C=O) groups excluding carboxylic acids is 2. The normalized spacial score (nSPS) is 20.8. The zero-order valence-corrected chi connectivity index (χ0v) is 18.0. The molecule has 0 radical (unpaired) electrons. The van der Waals surface area contributed by atoms with E-state index < -0.39 is 30.2 Å². The third kappa shape index (κ3) is 8.04. The van der Waals surface area contributed by atoms with Crippen molar-refractivity contribution in [2.45, 2.75) is 78.0 Å². The summed E-state index contributed by atoms with van der Waals surface area (Å²) in [5.74, 6) is -1.21. The minimum absolute atomic E-state index is 0.268. The van der Waals surface area contributed by atoms with Crippen LogP contribution in [-0.2, 0) is 25.5 Å². The van der Waals surface area contributed by atoms with Crippen molar-refractivity contribution >= 4 is 18.0 Å². The van der Waals surface area contributed by atoms with E-state index in [0.717, 1.165) is 24.5 Å². The zero-order valence-electron chi connectivity index (χ0n) is 18.0. The lowest BCUT2D eigenvalue weighted by molar-refractivity contribution is -0.162. The van der Waals surface area contributed by atoms with E-state index in [9.17, 15) is 19.5 Å². The van der Waals surface area contributed by atoms with Gasteiger partial charge in [0.15, 0.2) is 0 Å². The number of imidazole rings is 1. The first-order chi connectivity index (χ1) is 14.2. The number of hydrogen-bond acceptors (Lipinski definition) is 6. The first-order valence-corrected chi connectivity index (χ1v) is 10.6. The van der Waals surface area contributed by atoms with E-state index in [1.807, 2.05) is 12.5 Å². The van der Waals surface area contributed by atoms with E-state index in [4.69, 9.17) is 9.47 Å². The highest BCUT2D eigenvalue weighted by Gasteiger charge is 2.22. The molecule has 1 aromatic heterocycles. The molecule has 1 heterocycles. The maximum absolute atomic E-state index is 11.6. The Bertz CT molecular complexity index is 711. The molecule has 2 N–H and O–H groups in total. The van der Waals surface area contributed by atoms with Gasteiger partial charge in [-0.25, -0.2) is 9.78 Å². The Labute approximate surface area is 177 Å². The standard InChI is InChI=1S/C21H33N3O6/c1-14-6-8-19(9-7-14)24-12-18(23-13-24)11-17(20(26)27)5-4-10-22-21(28)30-16(3)29-15(2)25/h12-14,16-17,19H,4-11H2,1-3H3,(H,22,28)(H,26,27)/t14-,16?,17?,19-. The monoisotopic (exact) mass is 423 g/mol. The van der Waals surface area contributed by atoms with Gasteiger partial charge in [0, 0.05) is 39.1 Å². The lowest BCUT2D eigenvalue weighted by Gasteiger charge is -2.26. The van der Waals surface area contributed by atoms with Crippen LogP contribution < -0.4 is 5.32 Å². The van der Waals surface area contributed by atoms with Crippen molar-refractivity contribution in [3.8, 4) is 0 Å². The van der Waals surface area contributed by atoms with Gasteiger partial charge in [0.05, 0.1) is 17.9 Å². The van der Waals surface area contributed by atoms with E-state index in [-0.39, 0.29) is 6.54 Å². The molecule has 2 atom stereocenters. The topological polar surface area (TPSA) is 120 Å². The fraction of sp³-hybridized carbons (Fsp3) is 0.714. The molecule has 2 rings (SSSR count). The lowest BCUT2D eigenvalue weighted by atomic mass is 9.87. The van der Waals surface area contributed by atoms with Crippen molar-refractivity contribution in [1.29, 1.82) is 0 Å². The van der Waals surface area contributed by atoms with Crippen molar-refractivity contribution in [2.75, 3.05) is 6.54 Å². The van der Waals surface area contributed by atoms with Gasteiger partial charge in [-0.2, -0.15) is 0 Å². The predicted molar refractivity (Wildman–Crippen MR) is 109 cm³/mol. The van der Waals surface area contributed by atoms with Gasteiger partial charge >= 0.3 is 18.0 Å². The molecule has 168 valence electrons. The molecule has 9 nitrogen and oxygen atoms in total. The summed E-state index contributed by atoms with van der Waals surface area (Å²) in [5, 5.41) is 12.1. The van der Waals surface area contributed by atoms with Crippen molar-refractivity contribution < 1.29 is 29.0 Å². The van der Waals surface area contributed by atoms with Crippen LogP contribution in [-0.4, -0.2) is 45.5 Å². The summed E-state index contributed by atoms with van der Waals surface area (Å²) in [6.07, 6.45) is 8.05. The molecule has 2 unspecified atom stereocenters. The number of hydrogen-bond donors (Lipinski definition) is 2. The second-order valence-electron chi connectivity index (χ2n) is 8.12. The number of nitrogens with zero attached hydrogens (tertiary/aromatic N) is 2. The molecule has 1 amide bonds. The second-order valence-corrected chi connectivity index (χ2v) is 8.12. The number of rotatable bonds is 10. The average Bonchev–Trinajstić information content (AvgIpc) is 3.12. The van der Waals surface area contributed by atoms with Crippen LogP contribution in [0.1, 0.15) is 71.0 Å². The summed E-state index contributed by atoms with van der Waals surface area (Å²) in [7, 11) is 0. The van der Waals surface area contributed by atoms with Gasteiger partial charge < -0.3 is 24.5 Å². The maximum Gasteiger partial charge on any atom is 0.410 e. The third-order valence-corrected chi connectivity index (χ3v) is 5.47. The molecule has 1 saturated carbocycles. The highest BCUT2D eigenvalue weighted by atomic mass is 16.7. The Morgan fingerprint density at radius 3 is 2.60 bits per heavy atom. The van der Waals surface area contributed by atoms with Crippen molar-refractivity contribution in [2.24, 2.45) is 11.8 Å². The minimum Gasteiger partial charge on any atom is -0.481 e. The Balaban J connectivity index is 1.74. The summed E-state index contributed by atoms with van der Waals surface area (Å²) < 4.78 is 11.7. The molecular formula is C21H33N3O6. The van der Waals surface area contributed by atoms with Gasteiger partial charge in [-0.3, -0.25) is 9.59 Å². The van der Waals surface area contributed by atoms with E-state index in [1.165, 1.54) is 26.7 Å². The molecule has 0 aliphatic heterocycles. The molecule has 30 heavy (non-hydrogen) atoms. The van der Waals surface area contributed by atoms with Gasteiger partial charge in [0.25, 0.3) is 0 Å². The number of esters is 1. The van der Waals surface area contributed by atoms with E-state index >= 15 is 0 Å². The van der Waals surface area contributed by atoms with Gasteiger partial charge in [-0.15, -0.1) is 0 Å². The number of amides is 1. The maximum atomic E-state index is 11.6. The Kier molecular flexibility index (Phi) is 9.14. The molecule has 0 spiro atoms. The van der Waals surface area contributed by atoms with Crippen molar-refractivity contribution in [1.82, 2.24) is 14.9 Å².